The Hall–Kier alpha value is -1.47. The number of allylic oxidation sites excluding steroid dienone is 1. The molecule has 3 saturated heterocycles. The van der Waals surface area contributed by atoms with Gasteiger partial charge in [0.25, 0.3) is 0 Å². The van der Waals surface area contributed by atoms with Crippen molar-refractivity contribution in [2.24, 2.45) is 0 Å². The molecule has 19 nitrogen and oxygen atoms in total. The summed E-state index contributed by atoms with van der Waals surface area (Å²) in [5.41, 5.74) is 0. The van der Waals surface area contributed by atoms with Crippen LogP contribution in [0.15, 0.2) is 12.2 Å². The van der Waals surface area contributed by atoms with Crippen LogP contribution in [0.25, 0.3) is 0 Å². The minimum atomic E-state index is -1.98. The van der Waals surface area contributed by atoms with Gasteiger partial charge in [-0.2, -0.15) is 0 Å². The van der Waals surface area contributed by atoms with Crippen molar-refractivity contribution in [2.45, 2.75) is 394 Å². The molecular formula is C69H131NO18. The fourth-order valence-corrected chi connectivity index (χ4v) is 12.5. The molecule has 3 aliphatic heterocycles. The van der Waals surface area contributed by atoms with Gasteiger partial charge in [0.1, 0.15) is 73.2 Å². The smallest absolute Gasteiger partial charge is 0.220 e. The van der Waals surface area contributed by atoms with Gasteiger partial charge in [-0.25, -0.2) is 0 Å². The van der Waals surface area contributed by atoms with Crippen LogP contribution >= 0.6 is 0 Å². The Labute approximate surface area is 531 Å². The maximum Gasteiger partial charge on any atom is 0.220 e. The lowest BCUT2D eigenvalue weighted by Gasteiger charge is -2.48. The number of rotatable bonds is 56. The quantitative estimate of drug-likeness (QED) is 0.0199. The minimum absolute atomic E-state index is 0.249. The molecule has 520 valence electrons. The third-order valence-electron chi connectivity index (χ3n) is 18.3. The van der Waals surface area contributed by atoms with Crippen molar-refractivity contribution >= 4 is 5.91 Å². The van der Waals surface area contributed by atoms with Crippen molar-refractivity contribution < 1.29 is 89.4 Å². The zero-order chi connectivity index (χ0) is 64.0. The van der Waals surface area contributed by atoms with Crippen LogP contribution in [0.4, 0.5) is 0 Å². The first kappa shape index (κ1) is 80.8. The van der Waals surface area contributed by atoms with Crippen LogP contribution in [0.3, 0.4) is 0 Å². The summed E-state index contributed by atoms with van der Waals surface area (Å²) in [6.45, 7) is 1.77. The van der Waals surface area contributed by atoms with E-state index in [1.165, 1.54) is 218 Å². The lowest BCUT2D eigenvalue weighted by Crippen LogP contribution is -2.66. The molecule has 0 radical (unpaired) electrons. The molecule has 88 heavy (non-hydrogen) atoms. The number of carbonyl (C=O) groups excluding carboxylic acids is 1. The Bertz CT molecular complexity index is 1650. The second-order valence-corrected chi connectivity index (χ2v) is 26.1. The van der Waals surface area contributed by atoms with Crippen LogP contribution in [-0.2, 0) is 33.2 Å². The molecule has 17 unspecified atom stereocenters. The lowest BCUT2D eigenvalue weighted by atomic mass is 9.96. The topological polar surface area (TPSA) is 307 Å². The van der Waals surface area contributed by atoms with Gasteiger partial charge >= 0.3 is 0 Å². The second-order valence-electron chi connectivity index (χ2n) is 26.1. The van der Waals surface area contributed by atoms with Crippen molar-refractivity contribution in [1.29, 1.82) is 0 Å². The van der Waals surface area contributed by atoms with Gasteiger partial charge in [0.05, 0.1) is 38.6 Å². The van der Waals surface area contributed by atoms with Crippen molar-refractivity contribution in [3.8, 4) is 0 Å². The SMILES string of the molecule is CCCCCCCCCCCCCCCCCCCCCCCCCCCC/C=C/C(O)C(COC1OC(CO)C(OC2OC(CO)C(OC3OC(CO)C(O)C(O)C3O)C(O)C2O)C(O)C1O)NC(=O)CCCCCCCCCCCCCCCCC. The Morgan fingerprint density at radius 1 is 0.398 bits per heavy atom. The molecule has 0 aromatic carbocycles. The molecule has 0 bridgehead atoms. The number of hydrogen-bond acceptors (Lipinski definition) is 18. The summed E-state index contributed by atoms with van der Waals surface area (Å²) in [6.07, 6.45) is 30.5. The number of carbonyl (C=O) groups is 1. The van der Waals surface area contributed by atoms with E-state index in [9.17, 15) is 61.0 Å². The highest BCUT2D eigenvalue weighted by atomic mass is 16.8. The van der Waals surface area contributed by atoms with Crippen LogP contribution < -0.4 is 5.32 Å². The van der Waals surface area contributed by atoms with E-state index in [4.69, 9.17) is 28.4 Å². The number of unbranched alkanes of at least 4 members (excludes halogenated alkanes) is 40. The van der Waals surface area contributed by atoms with E-state index >= 15 is 0 Å². The molecular weight excluding hydrogens is 1130 g/mol. The zero-order valence-corrected chi connectivity index (χ0v) is 55.0. The Kier molecular flexibility index (Phi) is 47.6. The number of hydrogen-bond donors (Lipinski definition) is 12. The van der Waals surface area contributed by atoms with E-state index in [0.717, 1.165) is 44.9 Å². The monoisotopic (exact) mass is 1260 g/mol. The Balaban J connectivity index is 1.41. The predicted molar refractivity (Wildman–Crippen MR) is 342 cm³/mol. The third-order valence-corrected chi connectivity index (χ3v) is 18.3. The molecule has 3 rings (SSSR count). The maximum absolute atomic E-state index is 13.4. The van der Waals surface area contributed by atoms with E-state index in [1.807, 2.05) is 6.08 Å². The van der Waals surface area contributed by atoms with E-state index in [2.05, 4.69) is 19.2 Å². The average Bonchev–Trinajstić information content (AvgIpc) is 1.62. The lowest BCUT2D eigenvalue weighted by molar-refractivity contribution is -0.379. The molecule has 12 N–H and O–H groups in total. The molecule has 0 aromatic heterocycles. The summed E-state index contributed by atoms with van der Waals surface area (Å²) >= 11 is 0. The number of nitrogens with one attached hydrogen (secondary N) is 1. The number of aliphatic hydroxyl groups excluding tert-OH is 11. The van der Waals surface area contributed by atoms with Crippen LogP contribution in [0.1, 0.15) is 290 Å². The van der Waals surface area contributed by atoms with E-state index in [-0.39, 0.29) is 18.9 Å². The summed E-state index contributed by atoms with van der Waals surface area (Å²) in [7, 11) is 0. The normalized spacial score (nSPS) is 28.4. The number of aliphatic hydroxyl groups is 11. The van der Waals surface area contributed by atoms with Crippen LogP contribution in [-0.4, -0.2) is 193 Å². The highest BCUT2D eigenvalue weighted by molar-refractivity contribution is 5.76. The Morgan fingerprint density at radius 2 is 0.705 bits per heavy atom. The molecule has 3 fully saturated rings. The third kappa shape index (κ3) is 33.6. The minimum Gasteiger partial charge on any atom is -0.394 e. The highest BCUT2D eigenvalue weighted by Gasteiger charge is 2.53. The average molecular weight is 1260 g/mol. The van der Waals surface area contributed by atoms with Gasteiger partial charge in [0, 0.05) is 6.42 Å². The Morgan fingerprint density at radius 3 is 1.07 bits per heavy atom. The molecule has 0 aliphatic carbocycles. The second kappa shape index (κ2) is 51.9. The van der Waals surface area contributed by atoms with E-state index in [0.29, 0.717) is 6.42 Å². The molecule has 0 spiro atoms. The molecule has 1 amide bonds. The largest absolute Gasteiger partial charge is 0.394 e. The molecule has 0 aromatic rings. The first-order valence-electron chi connectivity index (χ1n) is 35.9. The number of amides is 1. The van der Waals surface area contributed by atoms with Gasteiger partial charge in [0.15, 0.2) is 18.9 Å². The summed E-state index contributed by atoms with van der Waals surface area (Å²) < 4.78 is 34.4. The summed E-state index contributed by atoms with van der Waals surface area (Å²) in [6, 6.07) is -0.968. The van der Waals surface area contributed by atoms with Gasteiger partial charge in [0.2, 0.25) is 5.91 Å². The van der Waals surface area contributed by atoms with Crippen molar-refractivity contribution in [3.05, 3.63) is 12.2 Å². The van der Waals surface area contributed by atoms with Gasteiger partial charge < -0.3 is 89.9 Å². The van der Waals surface area contributed by atoms with E-state index < -0.39 is 124 Å². The van der Waals surface area contributed by atoms with Crippen molar-refractivity contribution in [2.75, 3.05) is 26.4 Å². The first-order chi connectivity index (χ1) is 42.8. The van der Waals surface area contributed by atoms with E-state index in [1.54, 1.807) is 6.08 Å². The van der Waals surface area contributed by atoms with Crippen LogP contribution in [0, 0.1) is 0 Å². The van der Waals surface area contributed by atoms with Crippen LogP contribution in [0.5, 0.6) is 0 Å². The molecule has 17 atom stereocenters. The summed E-state index contributed by atoms with van der Waals surface area (Å²) in [5, 5.41) is 121. The van der Waals surface area contributed by atoms with Crippen molar-refractivity contribution in [1.82, 2.24) is 5.32 Å². The molecule has 0 saturated carbocycles. The highest BCUT2D eigenvalue weighted by Crippen LogP contribution is 2.33. The van der Waals surface area contributed by atoms with Crippen molar-refractivity contribution in [3.63, 3.8) is 0 Å². The standard InChI is InChI=1S/C69H131NO18/c1-3-5-7-9-11-13-15-17-19-20-21-22-23-24-25-26-27-28-29-30-31-33-34-36-38-40-42-44-46-53(74)52(70-57(75)47-45-43-41-39-37-35-32-18-16-14-12-10-8-6-4-2)51-83-67-63(81)60(78)65(55(49-72)85-67)88-69-64(82)61(79)66(56(50-73)86-69)87-68-62(80)59(77)58(76)54(48-71)84-68/h44,46,52-56,58-69,71-74,76-82H,3-43,45,47-51H2,1-2H3,(H,70,75)/b46-44+. The number of ether oxygens (including phenoxy) is 6. The van der Waals surface area contributed by atoms with Gasteiger partial charge in [-0.1, -0.05) is 276 Å². The summed E-state index contributed by atoms with van der Waals surface area (Å²) in [4.78, 5) is 13.4. The molecule has 3 aliphatic rings. The van der Waals surface area contributed by atoms with Gasteiger partial charge in [-0.3, -0.25) is 4.79 Å². The van der Waals surface area contributed by atoms with Gasteiger partial charge in [-0.15, -0.1) is 0 Å². The predicted octanol–water partition coefficient (Wildman–Crippen LogP) is 9.67. The zero-order valence-electron chi connectivity index (χ0n) is 55.0. The molecule has 19 heteroatoms. The van der Waals surface area contributed by atoms with Gasteiger partial charge in [-0.05, 0) is 19.3 Å². The molecule has 3 heterocycles. The fraction of sp³-hybridized carbons (Fsp3) is 0.957. The fourth-order valence-electron chi connectivity index (χ4n) is 12.5. The maximum atomic E-state index is 13.4. The first-order valence-corrected chi connectivity index (χ1v) is 35.9. The summed E-state index contributed by atoms with van der Waals surface area (Å²) in [5.74, 6) is -0.270. The van der Waals surface area contributed by atoms with Crippen LogP contribution in [0.2, 0.25) is 0 Å².